The molecule has 0 aliphatic heterocycles. The summed E-state index contributed by atoms with van der Waals surface area (Å²) < 4.78 is 1.58. The zero-order valence-corrected chi connectivity index (χ0v) is 14.3. The standard InChI is InChI=1S/C20H17N5O/c1-14-9-10-17(12-19(14)25-13-21-23-24-25)22-20(26)11-16-7-4-6-15-5-2-3-8-18(15)16/h2-10,12-13H,11H2,1H3,(H,22,26). The minimum absolute atomic E-state index is 0.0622. The summed E-state index contributed by atoms with van der Waals surface area (Å²) in [5, 5.41) is 16.4. The molecule has 4 rings (SSSR count). The summed E-state index contributed by atoms with van der Waals surface area (Å²) in [6, 6.07) is 19.8. The van der Waals surface area contributed by atoms with Crippen molar-refractivity contribution in [3.05, 3.63) is 78.1 Å². The van der Waals surface area contributed by atoms with Crippen molar-refractivity contribution in [2.24, 2.45) is 0 Å². The fourth-order valence-electron chi connectivity index (χ4n) is 3.03. The molecule has 6 nitrogen and oxygen atoms in total. The molecular formula is C20H17N5O. The lowest BCUT2D eigenvalue weighted by atomic mass is 10.0. The molecule has 0 radical (unpaired) electrons. The summed E-state index contributed by atoms with van der Waals surface area (Å²) in [7, 11) is 0. The highest BCUT2D eigenvalue weighted by Crippen LogP contribution is 2.21. The van der Waals surface area contributed by atoms with Crippen LogP contribution in [0, 0.1) is 6.92 Å². The van der Waals surface area contributed by atoms with Gasteiger partial charge >= 0.3 is 0 Å². The number of hydrogen-bond donors (Lipinski definition) is 1. The third-order valence-corrected chi connectivity index (χ3v) is 4.32. The van der Waals surface area contributed by atoms with Gasteiger partial charge < -0.3 is 5.32 Å². The van der Waals surface area contributed by atoms with Crippen molar-refractivity contribution in [1.82, 2.24) is 20.2 Å². The molecule has 0 spiro atoms. The molecule has 0 bridgehead atoms. The van der Waals surface area contributed by atoms with Gasteiger partial charge in [0.05, 0.1) is 12.1 Å². The van der Waals surface area contributed by atoms with Crippen LogP contribution in [-0.2, 0) is 11.2 Å². The quantitative estimate of drug-likeness (QED) is 0.617. The van der Waals surface area contributed by atoms with Crippen LogP contribution in [0.1, 0.15) is 11.1 Å². The summed E-state index contributed by atoms with van der Waals surface area (Å²) in [6.45, 7) is 1.97. The Hall–Kier alpha value is -3.54. The number of carbonyl (C=O) groups excluding carboxylic acids is 1. The van der Waals surface area contributed by atoms with E-state index < -0.39 is 0 Å². The average Bonchev–Trinajstić information content (AvgIpc) is 3.18. The average molecular weight is 343 g/mol. The van der Waals surface area contributed by atoms with Crippen LogP contribution in [0.3, 0.4) is 0 Å². The number of carbonyl (C=O) groups is 1. The Morgan fingerprint density at radius 1 is 1.08 bits per heavy atom. The van der Waals surface area contributed by atoms with Gasteiger partial charge in [0, 0.05) is 5.69 Å². The first-order chi connectivity index (χ1) is 12.7. The lowest BCUT2D eigenvalue weighted by Crippen LogP contribution is -2.15. The van der Waals surface area contributed by atoms with Crippen LogP contribution in [0.2, 0.25) is 0 Å². The van der Waals surface area contributed by atoms with E-state index in [1.807, 2.05) is 55.5 Å². The van der Waals surface area contributed by atoms with Crippen molar-refractivity contribution < 1.29 is 4.79 Å². The molecule has 0 unspecified atom stereocenters. The van der Waals surface area contributed by atoms with Gasteiger partial charge in [-0.25, -0.2) is 4.68 Å². The van der Waals surface area contributed by atoms with E-state index in [0.717, 1.165) is 27.6 Å². The maximum atomic E-state index is 12.6. The summed E-state index contributed by atoms with van der Waals surface area (Å²) in [5.74, 6) is -0.0622. The molecule has 1 aromatic heterocycles. The minimum atomic E-state index is -0.0622. The van der Waals surface area contributed by atoms with Gasteiger partial charge in [-0.1, -0.05) is 48.5 Å². The zero-order chi connectivity index (χ0) is 17.9. The van der Waals surface area contributed by atoms with Crippen LogP contribution < -0.4 is 5.32 Å². The van der Waals surface area contributed by atoms with E-state index in [1.54, 1.807) is 4.68 Å². The fraction of sp³-hybridized carbons (Fsp3) is 0.100. The summed E-state index contributed by atoms with van der Waals surface area (Å²) in [6.07, 6.45) is 1.85. The second kappa shape index (κ2) is 6.76. The largest absolute Gasteiger partial charge is 0.326 e. The van der Waals surface area contributed by atoms with Gasteiger partial charge in [0.15, 0.2) is 0 Å². The first-order valence-corrected chi connectivity index (χ1v) is 8.31. The summed E-state index contributed by atoms with van der Waals surface area (Å²) in [5.41, 5.74) is 3.57. The number of aromatic nitrogens is 4. The maximum absolute atomic E-state index is 12.6. The van der Waals surface area contributed by atoms with Crippen molar-refractivity contribution in [3.8, 4) is 5.69 Å². The van der Waals surface area contributed by atoms with E-state index in [2.05, 4.69) is 33.0 Å². The number of rotatable bonds is 4. The molecule has 1 heterocycles. The highest BCUT2D eigenvalue weighted by molar-refractivity contribution is 5.96. The van der Waals surface area contributed by atoms with Crippen molar-refractivity contribution in [1.29, 1.82) is 0 Å². The SMILES string of the molecule is Cc1ccc(NC(=O)Cc2cccc3ccccc23)cc1-n1cnnn1. The minimum Gasteiger partial charge on any atom is -0.326 e. The van der Waals surface area contributed by atoms with Crippen LogP contribution in [0.15, 0.2) is 67.0 Å². The number of anilines is 1. The van der Waals surface area contributed by atoms with Crippen molar-refractivity contribution in [2.75, 3.05) is 5.32 Å². The molecule has 0 fully saturated rings. The van der Waals surface area contributed by atoms with Gasteiger partial charge in [-0.2, -0.15) is 0 Å². The Labute approximate surface area is 150 Å². The Morgan fingerprint density at radius 2 is 1.92 bits per heavy atom. The monoisotopic (exact) mass is 343 g/mol. The molecule has 128 valence electrons. The summed E-state index contributed by atoms with van der Waals surface area (Å²) in [4.78, 5) is 12.6. The van der Waals surface area contributed by atoms with E-state index in [9.17, 15) is 4.79 Å². The highest BCUT2D eigenvalue weighted by Gasteiger charge is 2.09. The molecule has 1 N–H and O–H groups in total. The fourth-order valence-corrected chi connectivity index (χ4v) is 3.03. The number of nitrogens with one attached hydrogen (secondary N) is 1. The van der Waals surface area contributed by atoms with Crippen molar-refractivity contribution in [2.45, 2.75) is 13.3 Å². The normalized spacial score (nSPS) is 10.8. The van der Waals surface area contributed by atoms with Crippen LogP contribution in [0.4, 0.5) is 5.69 Å². The zero-order valence-electron chi connectivity index (χ0n) is 14.3. The van der Waals surface area contributed by atoms with Gasteiger partial charge in [-0.3, -0.25) is 4.79 Å². The lowest BCUT2D eigenvalue weighted by Gasteiger charge is -2.10. The Morgan fingerprint density at radius 3 is 2.77 bits per heavy atom. The number of aryl methyl sites for hydroxylation is 1. The molecule has 0 aliphatic carbocycles. The van der Waals surface area contributed by atoms with Gasteiger partial charge in [0.2, 0.25) is 5.91 Å². The molecule has 6 heteroatoms. The van der Waals surface area contributed by atoms with Gasteiger partial charge in [0.1, 0.15) is 6.33 Å². The first-order valence-electron chi connectivity index (χ1n) is 8.31. The highest BCUT2D eigenvalue weighted by atomic mass is 16.1. The molecule has 0 aliphatic rings. The third kappa shape index (κ3) is 3.17. The van der Waals surface area contributed by atoms with Crippen molar-refractivity contribution in [3.63, 3.8) is 0 Å². The van der Waals surface area contributed by atoms with Crippen LogP contribution in [0.25, 0.3) is 16.5 Å². The molecular weight excluding hydrogens is 326 g/mol. The van der Waals surface area contributed by atoms with Crippen molar-refractivity contribution >= 4 is 22.4 Å². The molecule has 3 aromatic carbocycles. The molecule has 4 aromatic rings. The van der Waals surface area contributed by atoms with Crippen LogP contribution >= 0.6 is 0 Å². The smallest absolute Gasteiger partial charge is 0.228 e. The molecule has 0 atom stereocenters. The second-order valence-corrected chi connectivity index (χ2v) is 6.12. The number of fused-ring (bicyclic) bond motifs is 1. The Bertz CT molecular complexity index is 1070. The Kier molecular flexibility index (Phi) is 4.15. The number of amides is 1. The summed E-state index contributed by atoms with van der Waals surface area (Å²) >= 11 is 0. The number of hydrogen-bond acceptors (Lipinski definition) is 4. The lowest BCUT2D eigenvalue weighted by molar-refractivity contribution is -0.115. The van der Waals surface area contributed by atoms with Gasteiger partial charge in [-0.05, 0) is 51.4 Å². The third-order valence-electron chi connectivity index (χ3n) is 4.32. The number of tetrazole rings is 1. The molecule has 1 amide bonds. The first kappa shape index (κ1) is 16.0. The topological polar surface area (TPSA) is 72.7 Å². The van der Waals surface area contributed by atoms with Gasteiger partial charge in [-0.15, -0.1) is 5.10 Å². The van der Waals surface area contributed by atoms with E-state index in [-0.39, 0.29) is 5.91 Å². The van der Waals surface area contributed by atoms with E-state index >= 15 is 0 Å². The van der Waals surface area contributed by atoms with E-state index in [0.29, 0.717) is 12.1 Å². The number of benzene rings is 3. The molecule has 0 saturated carbocycles. The second-order valence-electron chi connectivity index (χ2n) is 6.12. The number of nitrogens with zero attached hydrogens (tertiary/aromatic N) is 4. The van der Waals surface area contributed by atoms with Crippen LogP contribution in [-0.4, -0.2) is 26.1 Å². The van der Waals surface area contributed by atoms with Crippen LogP contribution in [0.5, 0.6) is 0 Å². The maximum Gasteiger partial charge on any atom is 0.228 e. The van der Waals surface area contributed by atoms with E-state index in [4.69, 9.17) is 0 Å². The van der Waals surface area contributed by atoms with E-state index in [1.165, 1.54) is 6.33 Å². The molecule has 26 heavy (non-hydrogen) atoms. The molecule has 0 saturated heterocycles. The Balaban J connectivity index is 1.56. The predicted octanol–water partition coefficient (Wildman–Crippen LogP) is 3.31. The predicted molar refractivity (Wildman–Crippen MR) is 100 cm³/mol. The van der Waals surface area contributed by atoms with Gasteiger partial charge in [0.25, 0.3) is 0 Å².